The van der Waals surface area contributed by atoms with E-state index >= 15 is 0 Å². The number of benzene rings is 1. The summed E-state index contributed by atoms with van der Waals surface area (Å²) >= 11 is 0. The highest BCUT2D eigenvalue weighted by molar-refractivity contribution is 5.95. The van der Waals surface area contributed by atoms with E-state index in [4.69, 9.17) is 5.73 Å². The van der Waals surface area contributed by atoms with Crippen molar-refractivity contribution in [2.45, 2.75) is 38.8 Å². The molecule has 1 atom stereocenters. The number of amides is 1. The summed E-state index contributed by atoms with van der Waals surface area (Å²) in [6.45, 7) is 2.90. The zero-order valence-electron chi connectivity index (χ0n) is 12.0. The molecule has 1 aromatic carbocycles. The third kappa shape index (κ3) is 2.74. The number of rotatable bonds is 3. The molecule has 0 aliphatic carbocycles. The molecular formula is C15H19N5O. The number of fused-ring (bicyclic) bond motifs is 1. The minimum Gasteiger partial charge on any atom is -0.399 e. The number of nitrogens with one attached hydrogen (secondary N) is 1. The van der Waals surface area contributed by atoms with Crippen molar-refractivity contribution < 1.29 is 4.79 Å². The van der Waals surface area contributed by atoms with E-state index in [1.807, 2.05) is 11.6 Å². The second-order valence-corrected chi connectivity index (χ2v) is 5.26. The first-order chi connectivity index (χ1) is 10.2. The highest BCUT2D eigenvalue weighted by atomic mass is 16.1. The fourth-order valence-electron chi connectivity index (χ4n) is 2.61. The van der Waals surface area contributed by atoms with Crippen LogP contribution in [0.5, 0.6) is 0 Å². The second-order valence-electron chi connectivity index (χ2n) is 5.26. The van der Waals surface area contributed by atoms with Crippen LogP contribution in [0.3, 0.4) is 0 Å². The van der Waals surface area contributed by atoms with Crippen molar-refractivity contribution in [3.63, 3.8) is 0 Å². The maximum Gasteiger partial charge on any atom is 0.251 e. The lowest BCUT2D eigenvalue weighted by atomic mass is 10.1. The summed E-state index contributed by atoms with van der Waals surface area (Å²) in [5.74, 6) is 1.56. The average molecular weight is 285 g/mol. The summed E-state index contributed by atoms with van der Waals surface area (Å²) < 4.78 is 1.91. The summed E-state index contributed by atoms with van der Waals surface area (Å²) in [6.07, 6.45) is 2.67. The highest BCUT2D eigenvalue weighted by Gasteiger charge is 2.25. The van der Waals surface area contributed by atoms with Crippen LogP contribution in [0.25, 0.3) is 0 Å². The SMILES string of the molecule is CCc1nc2n(n1)CCCC2NC(=O)c1cccc(N)c1. The number of carbonyl (C=O) groups excluding carboxylic acids is 1. The molecule has 0 spiro atoms. The molecule has 1 aliphatic rings. The number of carbonyl (C=O) groups is 1. The number of nitrogens with two attached hydrogens (primary N) is 1. The number of hydrogen-bond acceptors (Lipinski definition) is 4. The number of hydrogen-bond donors (Lipinski definition) is 2. The summed E-state index contributed by atoms with van der Waals surface area (Å²) in [5, 5.41) is 7.49. The van der Waals surface area contributed by atoms with Crippen LogP contribution < -0.4 is 11.1 Å². The number of nitrogens with zero attached hydrogens (tertiary/aromatic N) is 3. The van der Waals surface area contributed by atoms with Gasteiger partial charge in [-0.05, 0) is 31.0 Å². The van der Waals surface area contributed by atoms with Crippen molar-refractivity contribution in [2.75, 3.05) is 5.73 Å². The van der Waals surface area contributed by atoms with Gasteiger partial charge in [-0.15, -0.1) is 0 Å². The van der Waals surface area contributed by atoms with E-state index in [0.29, 0.717) is 11.3 Å². The Labute approximate surface area is 123 Å². The summed E-state index contributed by atoms with van der Waals surface area (Å²) in [6, 6.07) is 6.90. The first-order valence-electron chi connectivity index (χ1n) is 7.27. The molecule has 1 unspecified atom stereocenters. The van der Waals surface area contributed by atoms with Gasteiger partial charge in [-0.1, -0.05) is 13.0 Å². The monoisotopic (exact) mass is 285 g/mol. The van der Waals surface area contributed by atoms with E-state index in [2.05, 4.69) is 15.4 Å². The zero-order chi connectivity index (χ0) is 14.8. The molecular weight excluding hydrogens is 266 g/mol. The maximum absolute atomic E-state index is 12.3. The first-order valence-corrected chi connectivity index (χ1v) is 7.27. The average Bonchev–Trinajstić information content (AvgIpc) is 2.91. The van der Waals surface area contributed by atoms with E-state index in [1.54, 1.807) is 24.3 Å². The van der Waals surface area contributed by atoms with Crippen LogP contribution in [0, 0.1) is 0 Å². The fraction of sp³-hybridized carbons (Fsp3) is 0.400. The maximum atomic E-state index is 12.3. The van der Waals surface area contributed by atoms with E-state index in [1.165, 1.54) is 0 Å². The summed E-state index contributed by atoms with van der Waals surface area (Å²) in [4.78, 5) is 16.9. The van der Waals surface area contributed by atoms with Crippen LogP contribution in [0.2, 0.25) is 0 Å². The molecule has 3 rings (SSSR count). The molecule has 0 fully saturated rings. The molecule has 2 aromatic rings. The third-order valence-corrected chi connectivity index (χ3v) is 3.69. The first kappa shape index (κ1) is 13.6. The number of anilines is 1. The van der Waals surface area contributed by atoms with E-state index in [-0.39, 0.29) is 11.9 Å². The molecule has 6 heteroatoms. The zero-order valence-corrected chi connectivity index (χ0v) is 12.0. The Hall–Kier alpha value is -2.37. The van der Waals surface area contributed by atoms with Crippen molar-refractivity contribution in [1.82, 2.24) is 20.1 Å². The largest absolute Gasteiger partial charge is 0.399 e. The molecule has 0 radical (unpaired) electrons. The van der Waals surface area contributed by atoms with Gasteiger partial charge in [-0.2, -0.15) is 5.10 Å². The Kier molecular flexibility index (Phi) is 3.60. The number of aromatic nitrogens is 3. The molecule has 0 bridgehead atoms. The lowest BCUT2D eigenvalue weighted by Crippen LogP contribution is -2.33. The van der Waals surface area contributed by atoms with Crippen LogP contribution in [0.1, 0.15) is 47.8 Å². The minimum absolute atomic E-state index is 0.0829. The molecule has 21 heavy (non-hydrogen) atoms. The van der Waals surface area contributed by atoms with Crippen LogP contribution in [0.15, 0.2) is 24.3 Å². The number of aryl methyl sites for hydroxylation is 2. The van der Waals surface area contributed by atoms with Crippen LogP contribution >= 0.6 is 0 Å². The van der Waals surface area contributed by atoms with Crippen molar-refractivity contribution in [2.24, 2.45) is 0 Å². The Morgan fingerprint density at radius 2 is 2.38 bits per heavy atom. The Bertz CT molecular complexity index is 664. The molecule has 6 nitrogen and oxygen atoms in total. The molecule has 3 N–H and O–H groups in total. The van der Waals surface area contributed by atoms with Crippen LogP contribution in [-0.2, 0) is 13.0 Å². The topological polar surface area (TPSA) is 85.8 Å². The van der Waals surface area contributed by atoms with E-state index in [9.17, 15) is 4.79 Å². The normalized spacial score (nSPS) is 17.3. The molecule has 0 saturated heterocycles. The van der Waals surface area contributed by atoms with Crippen molar-refractivity contribution in [3.05, 3.63) is 41.5 Å². The van der Waals surface area contributed by atoms with Gasteiger partial charge in [-0.25, -0.2) is 9.67 Å². The predicted octanol–water partition coefficient (Wildman–Crippen LogP) is 1.69. The van der Waals surface area contributed by atoms with Gasteiger partial charge >= 0.3 is 0 Å². The van der Waals surface area contributed by atoms with Gasteiger partial charge in [-0.3, -0.25) is 4.79 Å². The molecule has 0 saturated carbocycles. The van der Waals surface area contributed by atoms with Crippen molar-refractivity contribution in [1.29, 1.82) is 0 Å². The Morgan fingerprint density at radius 3 is 3.14 bits per heavy atom. The fourth-order valence-corrected chi connectivity index (χ4v) is 2.61. The third-order valence-electron chi connectivity index (χ3n) is 3.69. The van der Waals surface area contributed by atoms with Crippen LogP contribution in [0.4, 0.5) is 5.69 Å². The smallest absolute Gasteiger partial charge is 0.251 e. The van der Waals surface area contributed by atoms with Crippen LogP contribution in [-0.4, -0.2) is 20.7 Å². The Balaban J connectivity index is 1.80. The second kappa shape index (κ2) is 5.55. The molecule has 2 heterocycles. The highest BCUT2D eigenvalue weighted by Crippen LogP contribution is 2.23. The Morgan fingerprint density at radius 1 is 1.52 bits per heavy atom. The quantitative estimate of drug-likeness (QED) is 0.840. The van der Waals surface area contributed by atoms with Gasteiger partial charge in [0.2, 0.25) is 0 Å². The molecule has 110 valence electrons. The number of nitrogen functional groups attached to an aromatic ring is 1. The van der Waals surface area contributed by atoms with Gasteiger partial charge in [0.05, 0.1) is 6.04 Å². The summed E-state index contributed by atoms with van der Waals surface area (Å²) in [5.41, 5.74) is 6.88. The lowest BCUT2D eigenvalue weighted by Gasteiger charge is -2.23. The van der Waals surface area contributed by atoms with Gasteiger partial charge in [0.1, 0.15) is 5.82 Å². The van der Waals surface area contributed by atoms with E-state index < -0.39 is 0 Å². The standard InChI is InChI=1S/C15H19N5O/c1-2-13-18-14-12(7-4-8-20(14)19-13)17-15(21)10-5-3-6-11(16)9-10/h3,5-6,9,12H,2,4,7-8,16H2,1H3,(H,17,21). The van der Waals surface area contributed by atoms with E-state index in [0.717, 1.165) is 37.5 Å². The molecule has 1 amide bonds. The lowest BCUT2D eigenvalue weighted by molar-refractivity contribution is 0.0927. The van der Waals surface area contributed by atoms with Gasteiger partial charge in [0.15, 0.2) is 5.82 Å². The van der Waals surface area contributed by atoms with Gasteiger partial charge in [0.25, 0.3) is 5.91 Å². The minimum atomic E-state index is -0.123. The molecule has 1 aromatic heterocycles. The predicted molar refractivity (Wildman–Crippen MR) is 79.7 cm³/mol. The summed E-state index contributed by atoms with van der Waals surface area (Å²) in [7, 11) is 0. The van der Waals surface area contributed by atoms with Gasteiger partial charge in [0, 0.05) is 24.2 Å². The van der Waals surface area contributed by atoms with Gasteiger partial charge < -0.3 is 11.1 Å². The van der Waals surface area contributed by atoms with Crippen molar-refractivity contribution in [3.8, 4) is 0 Å². The molecule has 1 aliphatic heterocycles. The van der Waals surface area contributed by atoms with Crippen molar-refractivity contribution >= 4 is 11.6 Å².